The van der Waals surface area contributed by atoms with Crippen LogP contribution in [0.2, 0.25) is 5.02 Å². The van der Waals surface area contributed by atoms with Gasteiger partial charge in [-0.3, -0.25) is 19.8 Å². The van der Waals surface area contributed by atoms with Crippen LogP contribution in [0.3, 0.4) is 0 Å². The number of nitrogens with zero attached hydrogens (tertiary/aromatic N) is 1. The molecule has 2 amide bonds. The molecule has 3 rings (SSSR count). The summed E-state index contributed by atoms with van der Waals surface area (Å²) in [6.07, 6.45) is 1.27. The third-order valence-electron chi connectivity index (χ3n) is 3.42. The van der Waals surface area contributed by atoms with Gasteiger partial charge in [-0.15, -0.1) is 0 Å². The van der Waals surface area contributed by atoms with E-state index in [1.807, 2.05) is 0 Å². The zero-order valence-corrected chi connectivity index (χ0v) is 14.1. The molecule has 0 aromatic heterocycles. The Morgan fingerprint density at radius 3 is 2.24 bits per heavy atom. The number of phenolic OH excluding ortho intramolecular Hbond substituents is 2. The summed E-state index contributed by atoms with van der Waals surface area (Å²) in [7, 11) is 0. The smallest absolute Gasteiger partial charge is 0.270 e. The Balaban J connectivity index is 2.03. The summed E-state index contributed by atoms with van der Waals surface area (Å²) in [6, 6.07) is 10.2. The van der Waals surface area contributed by atoms with Crippen LogP contribution in [0.4, 0.5) is 5.69 Å². The highest BCUT2D eigenvalue weighted by Crippen LogP contribution is 2.26. The molecular formula is C17H11ClN2O4S. The largest absolute Gasteiger partial charge is 0.508 e. The van der Waals surface area contributed by atoms with Crippen LogP contribution < -0.4 is 10.2 Å². The molecule has 0 unspecified atom stereocenters. The lowest BCUT2D eigenvalue weighted by atomic mass is 10.1. The van der Waals surface area contributed by atoms with Crippen molar-refractivity contribution in [3.05, 3.63) is 58.6 Å². The Morgan fingerprint density at radius 1 is 1.04 bits per heavy atom. The number of rotatable bonds is 2. The van der Waals surface area contributed by atoms with E-state index in [1.54, 1.807) is 24.3 Å². The number of aromatic hydroxyl groups is 2. The van der Waals surface area contributed by atoms with Crippen molar-refractivity contribution >= 4 is 52.5 Å². The van der Waals surface area contributed by atoms with Crippen molar-refractivity contribution in [3.63, 3.8) is 0 Å². The number of carbonyl (C=O) groups excluding carboxylic acids is 2. The number of anilines is 1. The van der Waals surface area contributed by atoms with E-state index in [4.69, 9.17) is 23.8 Å². The van der Waals surface area contributed by atoms with Gasteiger partial charge in [-0.05, 0) is 60.3 Å². The van der Waals surface area contributed by atoms with E-state index in [1.165, 1.54) is 23.1 Å². The lowest BCUT2D eigenvalue weighted by Gasteiger charge is -2.28. The van der Waals surface area contributed by atoms with Crippen molar-refractivity contribution in [2.24, 2.45) is 0 Å². The molecule has 1 saturated heterocycles. The first kappa shape index (κ1) is 16.9. The van der Waals surface area contributed by atoms with E-state index in [0.717, 1.165) is 6.07 Å². The molecule has 126 valence electrons. The molecule has 1 heterocycles. The lowest BCUT2D eigenvalue weighted by molar-refractivity contribution is -0.122. The molecule has 25 heavy (non-hydrogen) atoms. The summed E-state index contributed by atoms with van der Waals surface area (Å²) in [6.45, 7) is 0. The van der Waals surface area contributed by atoms with Gasteiger partial charge in [0, 0.05) is 11.1 Å². The highest BCUT2D eigenvalue weighted by molar-refractivity contribution is 7.80. The van der Waals surface area contributed by atoms with E-state index in [9.17, 15) is 19.8 Å². The summed E-state index contributed by atoms with van der Waals surface area (Å²) in [4.78, 5) is 26.1. The SMILES string of the molecule is O=C1NC(=S)N(c2ccc(Cl)cc2)C(=O)/C1=C\c1cc(O)cc(O)c1. The van der Waals surface area contributed by atoms with E-state index >= 15 is 0 Å². The predicted octanol–water partition coefficient (Wildman–Crippen LogP) is 2.58. The first-order valence-electron chi connectivity index (χ1n) is 7.05. The van der Waals surface area contributed by atoms with Gasteiger partial charge in [0.1, 0.15) is 17.1 Å². The van der Waals surface area contributed by atoms with Crippen LogP contribution in [0.25, 0.3) is 6.08 Å². The number of carbonyl (C=O) groups is 2. The van der Waals surface area contributed by atoms with Crippen LogP contribution in [0.15, 0.2) is 48.0 Å². The molecule has 0 radical (unpaired) electrons. The fourth-order valence-corrected chi connectivity index (χ4v) is 2.76. The van der Waals surface area contributed by atoms with Crippen LogP contribution >= 0.6 is 23.8 Å². The van der Waals surface area contributed by atoms with Gasteiger partial charge in [0.15, 0.2) is 5.11 Å². The van der Waals surface area contributed by atoms with Crippen LogP contribution in [-0.2, 0) is 9.59 Å². The second-order valence-electron chi connectivity index (χ2n) is 5.22. The maximum absolute atomic E-state index is 12.8. The highest BCUT2D eigenvalue weighted by atomic mass is 35.5. The molecule has 0 atom stereocenters. The molecule has 6 nitrogen and oxygen atoms in total. The predicted molar refractivity (Wildman–Crippen MR) is 97.4 cm³/mol. The Hall–Kier alpha value is -2.90. The number of nitrogens with one attached hydrogen (secondary N) is 1. The average Bonchev–Trinajstić information content (AvgIpc) is 2.52. The first-order valence-corrected chi connectivity index (χ1v) is 7.84. The monoisotopic (exact) mass is 374 g/mol. The number of hydrogen-bond donors (Lipinski definition) is 3. The zero-order valence-electron chi connectivity index (χ0n) is 12.6. The number of amides is 2. The molecule has 0 spiro atoms. The summed E-state index contributed by atoms with van der Waals surface area (Å²) in [5.41, 5.74) is 0.553. The van der Waals surface area contributed by atoms with Gasteiger partial charge in [-0.25, -0.2) is 0 Å². The Labute approximate surface area is 153 Å². The number of benzene rings is 2. The quantitative estimate of drug-likeness (QED) is 0.427. The standard InChI is InChI=1S/C17H11ClN2O4S/c18-10-1-3-11(4-2-10)20-16(24)14(15(23)19-17(20)25)7-9-5-12(21)8-13(22)6-9/h1-8,21-22H,(H,19,23,25)/b14-7-. The van der Waals surface area contributed by atoms with Crippen LogP contribution in [0.1, 0.15) is 5.56 Å². The molecule has 0 aliphatic carbocycles. The maximum Gasteiger partial charge on any atom is 0.270 e. The fraction of sp³-hybridized carbons (Fsp3) is 0. The van der Waals surface area contributed by atoms with E-state index < -0.39 is 11.8 Å². The average molecular weight is 375 g/mol. The molecule has 3 N–H and O–H groups in total. The summed E-state index contributed by atoms with van der Waals surface area (Å²) in [5.74, 6) is -1.68. The van der Waals surface area contributed by atoms with Crippen molar-refractivity contribution in [3.8, 4) is 11.5 Å². The summed E-state index contributed by atoms with van der Waals surface area (Å²) >= 11 is 10.9. The topological polar surface area (TPSA) is 89.9 Å². The fourth-order valence-electron chi connectivity index (χ4n) is 2.35. The van der Waals surface area contributed by atoms with Crippen LogP contribution in [0, 0.1) is 0 Å². The molecule has 2 aromatic rings. The number of halogens is 1. The van der Waals surface area contributed by atoms with Gasteiger partial charge >= 0.3 is 0 Å². The van der Waals surface area contributed by atoms with Crippen molar-refractivity contribution in [1.82, 2.24) is 5.32 Å². The minimum absolute atomic E-state index is 0.0479. The summed E-state index contributed by atoms with van der Waals surface area (Å²) in [5, 5.41) is 22.0. The molecule has 1 aliphatic heterocycles. The van der Waals surface area contributed by atoms with Crippen molar-refractivity contribution < 1.29 is 19.8 Å². The zero-order chi connectivity index (χ0) is 18.1. The second-order valence-corrected chi connectivity index (χ2v) is 6.04. The molecule has 1 aliphatic rings. The summed E-state index contributed by atoms with van der Waals surface area (Å²) < 4.78 is 0. The van der Waals surface area contributed by atoms with Gasteiger partial charge in [-0.2, -0.15) is 0 Å². The molecular weight excluding hydrogens is 364 g/mol. The minimum atomic E-state index is -0.664. The molecule has 8 heteroatoms. The van der Waals surface area contributed by atoms with E-state index in [0.29, 0.717) is 16.3 Å². The van der Waals surface area contributed by atoms with Gasteiger partial charge < -0.3 is 10.2 Å². The van der Waals surface area contributed by atoms with E-state index in [2.05, 4.69) is 5.32 Å². The second kappa shape index (κ2) is 6.54. The van der Waals surface area contributed by atoms with Gasteiger partial charge in [0.05, 0.1) is 5.69 Å². The van der Waals surface area contributed by atoms with Crippen LogP contribution in [0.5, 0.6) is 11.5 Å². The molecule has 2 aromatic carbocycles. The number of thiocarbonyl (C=S) groups is 1. The molecule has 0 saturated carbocycles. The normalized spacial score (nSPS) is 16.3. The first-order chi connectivity index (χ1) is 11.8. The highest BCUT2D eigenvalue weighted by Gasteiger charge is 2.34. The lowest BCUT2D eigenvalue weighted by Crippen LogP contribution is -2.54. The third kappa shape index (κ3) is 3.47. The minimum Gasteiger partial charge on any atom is -0.508 e. The van der Waals surface area contributed by atoms with Gasteiger partial charge in [0.25, 0.3) is 11.8 Å². The Morgan fingerprint density at radius 2 is 1.64 bits per heavy atom. The number of phenols is 2. The Bertz CT molecular complexity index is 904. The van der Waals surface area contributed by atoms with Crippen molar-refractivity contribution in [2.45, 2.75) is 0 Å². The van der Waals surface area contributed by atoms with Crippen molar-refractivity contribution in [1.29, 1.82) is 0 Å². The molecule has 1 fully saturated rings. The van der Waals surface area contributed by atoms with Gasteiger partial charge in [0.2, 0.25) is 0 Å². The van der Waals surface area contributed by atoms with Gasteiger partial charge in [-0.1, -0.05) is 11.6 Å². The van der Waals surface area contributed by atoms with Crippen LogP contribution in [-0.4, -0.2) is 27.1 Å². The van der Waals surface area contributed by atoms with Crippen molar-refractivity contribution in [2.75, 3.05) is 4.90 Å². The third-order valence-corrected chi connectivity index (χ3v) is 3.96. The molecule has 0 bridgehead atoms. The number of hydrogen-bond acceptors (Lipinski definition) is 5. The Kier molecular flexibility index (Phi) is 4.43. The maximum atomic E-state index is 12.8. The van der Waals surface area contributed by atoms with E-state index in [-0.39, 0.29) is 22.2 Å².